The van der Waals surface area contributed by atoms with Gasteiger partial charge in [0.1, 0.15) is 5.69 Å². The van der Waals surface area contributed by atoms with Crippen molar-refractivity contribution in [2.45, 2.75) is 0 Å². The molecule has 2 heterocycles. The van der Waals surface area contributed by atoms with Crippen LogP contribution in [0.3, 0.4) is 0 Å². The average Bonchev–Trinajstić information content (AvgIpc) is 3.02. The van der Waals surface area contributed by atoms with Crippen LogP contribution in [-0.4, -0.2) is 58.2 Å². The number of benzene rings is 1. The molecule has 0 aliphatic carbocycles. The maximum atomic E-state index is 12.4. The quantitative estimate of drug-likeness (QED) is 0.866. The number of aromatic nitrogens is 2. The predicted molar refractivity (Wildman–Crippen MR) is 91.0 cm³/mol. The lowest BCUT2D eigenvalue weighted by molar-refractivity contribution is 0.0639. The van der Waals surface area contributed by atoms with Crippen LogP contribution in [0.4, 0.5) is 0 Å². The summed E-state index contributed by atoms with van der Waals surface area (Å²) in [5, 5.41) is 4.07. The molecule has 1 amide bonds. The van der Waals surface area contributed by atoms with E-state index in [9.17, 15) is 4.79 Å². The third kappa shape index (κ3) is 3.87. The highest BCUT2D eigenvalue weighted by molar-refractivity contribution is 5.92. The van der Waals surface area contributed by atoms with E-state index in [1.165, 1.54) is 5.56 Å². The molecule has 3 rings (SSSR count). The highest BCUT2D eigenvalue weighted by atomic mass is 16.2. The number of hydrogen-bond donors (Lipinski definition) is 0. The molecule has 5 heteroatoms. The first-order valence-corrected chi connectivity index (χ1v) is 7.95. The molecule has 0 radical (unpaired) electrons. The van der Waals surface area contributed by atoms with Crippen molar-refractivity contribution >= 4 is 12.0 Å². The molecule has 0 atom stereocenters. The molecule has 120 valence electrons. The zero-order valence-corrected chi connectivity index (χ0v) is 13.4. The molecular weight excluding hydrogens is 288 g/mol. The Morgan fingerprint density at radius 2 is 1.87 bits per heavy atom. The monoisotopic (exact) mass is 310 g/mol. The maximum absolute atomic E-state index is 12.4. The summed E-state index contributed by atoms with van der Waals surface area (Å²) in [6.07, 6.45) is 6.00. The van der Waals surface area contributed by atoms with Crippen LogP contribution in [-0.2, 0) is 7.05 Å². The van der Waals surface area contributed by atoms with E-state index in [2.05, 4.69) is 34.3 Å². The normalized spacial score (nSPS) is 16.1. The van der Waals surface area contributed by atoms with Gasteiger partial charge in [0, 0.05) is 46.0 Å². The molecule has 0 N–H and O–H groups in total. The van der Waals surface area contributed by atoms with Crippen molar-refractivity contribution in [2.75, 3.05) is 32.7 Å². The lowest BCUT2D eigenvalue weighted by Crippen LogP contribution is -2.48. The Hall–Kier alpha value is -2.40. The summed E-state index contributed by atoms with van der Waals surface area (Å²) < 4.78 is 1.64. The van der Waals surface area contributed by atoms with Gasteiger partial charge in [0.2, 0.25) is 0 Å². The Labute approximate surface area is 136 Å². The van der Waals surface area contributed by atoms with Gasteiger partial charge in [0.15, 0.2) is 0 Å². The Bertz CT molecular complexity index is 669. The van der Waals surface area contributed by atoms with E-state index < -0.39 is 0 Å². The number of amides is 1. The third-order valence-corrected chi connectivity index (χ3v) is 4.17. The minimum Gasteiger partial charge on any atom is -0.335 e. The molecule has 23 heavy (non-hydrogen) atoms. The van der Waals surface area contributed by atoms with E-state index in [0.29, 0.717) is 5.69 Å². The van der Waals surface area contributed by atoms with Gasteiger partial charge in [0.05, 0.1) is 0 Å². The number of nitrogens with zero attached hydrogens (tertiary/aromatic N) is 4. The van der Waals surface area contributed by atoms with Gasteiger partial charge in [-0.05, 0) is 11.6 Å². The number of carbonyl (C=O) groups is 1. The number of carbonyl (C=O) groups excluding carboxylic acids is 1. The zero-order valence-electron chi connectivity index (χ0n) is 13.4. The van der Waals surface area contributed by atoms with Gasteiger partial charge in [-0.2, -0.15) is 5.10 Å². The summed E-state index contributed by atoms with van der Waals surface area (Å²) in [4.78, 5) is 16.7. The largest absolute Gasteiger partial charge is 0.335 e. The first kappa shape index (κ1) is 15.5. The van der Waals surface area contributed by atoms with E-state index in [0.717, 1.165) is 32.7 Å². The number of hydrogen-bond acceptors (Lipinski definition) is 3. The first-order chi connectivity index (χ1) is 11.2. The van der Waals surface area contributed by atoms with Gasteiger partial charge >= 0.3 is 0 Å². The Balaban J connectivity index is 1.48. The Kier molecular flexibility index (Phi) is 4.88. The van der Waals surface area contributed by atoms with Gasteiger partial charge in [0.25, 0.3) is 5.91 Å². The Morgan fingerprint density at radius 3 is 2.52 bits per heavy atom. The Morgan fingerprint density at radius 1 is 1.13 bits per heavy atom. The van der Waals surface area contributed by atoms with E-state index >= 15 is 0 Å². The van der Waals surface area contributed by atoms with Crippen LogP contribution in [0.5, 0.6) is 0 Å². The minimum absolute atomic E-state index is 0.0736. The number of piperazine rings is 1. The second-order valence-electron chi connectivity index (χ2n) is 5.75. The van der Waals surface area contributed by atoms with Crippen molar-refractivity contribution in [1.29, 1.82) is 0 Å². The standard InChI is InChI=1S/C18H22N4O/c1-20-17(9-10-19-20)18(23)22-14-12-21(13-15-22)11-5-8-16-6-3-2-4-7-16/h2-10H,11-15H2,1H3/b8-5+. The van der Waals surface area contributed by atoms with E-state index in [4.69, 9.17) is 0 Å². The highest BCUT2D eigenvalue weighted by Crippen LogP contribution is 2.08. The highest BCUT2D eigenvalue weighted by Gasteiger charge is 2.23. The van der Waals surface area contributed by atoms with E-state index in [-0.39, 0.29) is 5.91 Å². The average molecular weight is 310 g/mol. The predicted octanol–water partition coefficient (Wildman–Crippen LogP) is 1.89. The second-order valence-corrected chi connectivity index (χ2v) is 5.75. The van der Waals surface area contributed by atoms with Crippen molar-refractivity contribution in [3.8, 4) is 0 Å². The molecule has 0 bridgehead atoms. The minimum atomic E-state index is 0.0736. The van der Waals surface area contributed by atoms with Crippen LogP contribution >= 0.6 is 0 Å². The van der Waals surface area contributed by atoms with E-state index in [1.54, 1.807) is 24.0 Å². The second kappa shape index (κ2) is 7.24. The maximum Gasteiger partial charge on any atom is 0.272 e. The molecule has 5 nitrogen and oxygen atoms in total. The number of rotatable bonds is 4. The molecule has 1 aromatic carbocycles. The molecule has 1 fully saturated rings. The van der Waals surface area contributed by atoms with Gasteiger partial charge in [-0.3, -0.25) is 14.4 Å². The van der Waals surface area contributed by atoms with E-state index in [1.807, 2.05) is 23.1 Å². The summed E-state index contributed by atoms with van der Waals surface area (Å²) >= 11 is 0. The summed E-state index contributed by atoms with van der Waals surface area (Å²) in [6.45, 7) is 4.26. The lowest BCUT2D eigenvalue weighted by atomic mass is 10.2. The van der Waals surface area contributed by atoms with Crippen LogP contribution in [0.2, 0.25) is 0 Å². The molecule has 2 aromatic rings. The fourth-order valence-electron chi connectivity index (χ4n) is 2.78. The summed E-state index contributed by atoms with van der Waals surface area (Å²) in [7, 11) is 1.80. The smallest absolute Gasteiger partial charge is 0.272 e. The van der Waals surface area contributed by atoms with Crippen molar-refractivity contribution in [2.24, 2.45) is 7.05 Å². The van der Waals surface area contributed by atoms with Crippen molar-refractivity contribution in [1.82, 2.24) is 19.6 Å². The summed E-state index contributed by atoms with van der Waals surface area (Å²) in [6, 6.07) is 12.1. The van der Waals surface area contributed by atoms with Crippen molar-refractivity contribution in [3.63, 3.8) is 0 Å². The van der Waals surface area contributed by atoms with Crippen molar-refractivity contribution in [3.05, 3.63) is 59.9 Å². The molecule has 1 aliphatic heterocycles. The topological polar surface area (TPSA) is 41.4 Å². The van der Waals surface area contributed by atoms with Crippen LogP contribution < -0.4 is 0 Å². The zero-order chi connectivity index (χ0) is 16.1. The summed E-state index contributed by atoms with van der Waals surface area (Å²) in [5.74, 6) is 0.0736. The van der Waals surface area contributed by atoms with Gasteiger partial charge in [-0.15, -0.1) is 0 Å². The molecule has 0 saturated carbocycles. The third-order valence-electron chi connectivity index (χ3n) is 4.17. The number of aryl methyl sites for hydroxylation is 1. The van der Waals surface area contributed by atoms with Gasteiger partial charge in [-0.1, -0.05) is 42.5 Å². The molecule has 0 spiro atoms. The van der Waals surface area contributed by atoms with Crippen LogP contribution in [0.25, 0.3) is 6.08 Å². The molecule has 1 aliphatic rings. The molecule has 0 unspecified atom stereocenters. The first-order valence-electron chi connectivity index (χ1n) is 7.95. The van der Waals surface area contributed by atoms with Crippen LogP contribution in [0, 0.1) is 0 Å². The fourth-order valence-corrected chi connectivity index (χ4v) is 2.78. The fraction of sp³-hybridized carbons (Fsp3) is 0.333. The lowest BCUT2D eigenvalue weighted by Gasteiger charge is -2.34. The molecule has 1 saturated heterocycles. The SMILES string of the molecule is Cn1nccc1C(=O)N1CCN(C/C=C/c2ccccc2)CC1. The van der Waals surface area contributed by atoms with Crippen LogP contribution in [0.15, 0.2) is 48.7 Å². The van der Waals surface area contributed by atoms with Crippen molar-refractivity contribution < 1.29 is 4.79 Å². The summed E-state index contributed by atoms with van der Waals surface area (Å²) in [5.41, 5.74) is 1.87. The van der Waals surface area contributed by atoms with Gasteiger partial charge in [-0.25, -0.2) is 0 Å². The molecule has 1 aromatic heterocycles. The molecular formula is C18H22N4O. The van der Waals surface area contributed by atoms with Crippen LogP contribution in [0.1, 0.15) is 16.1 Å². The van der Waals surface area contributed by atoms with Gasteiger partial charge < -0.3 is 4.90 Å².